The van der Waals surface area contributed by atoms with Crippen molar-refractivity contribution in [3.8, 4) is 0 Å². The summed E-state index contributed by atoms with van der Waals surface area (Å²) in [6.45, 7) is 1.97. The van der Waals surface area contributed by atoms with Crippen LogP contribution in [0.3, 0.4) is 0 Å². The summed E-state index contributed by atoms with van der Waals surface area (Å²) in [7, 11) is 0. The summed E-state index contributed by atoms with van der Waals surface area (Å²) in [6, 6.07) is 2.56. The van der Waals surface area contributed by atoms with E-state index in [1.165, 1.54) is 23.9 Å². The van der Waals surface area contributed by atoms with Crippen LogP contribution in [-0.2, 0) is 0 Å². The molecule has 0 aliphatic rings. The lowest BCUT2D eigenvalue weighted by Crippen LogP contribution is -1.89. The van der Waals surface area contributed by atoms with Crippen LogP contribution in [0.1, 0.15) is 13.3 Å². The van der Waals surface area contributed by atoms with E-state index in [-0.39, 0.29) is 4.90 Å². The maximum Gasteiger partial charge on any atom is 0.140 e. The van der Waals surface area contributed by atoms with Gasteiger partial charge in [-0.25, -0.2) is 8.78 Å². The van der Waals surface area contributed by atoms with Crippen molar-refractivity contribution in [2.24, 2.45) is 0 Å². The summed E-state index contributed by atoms with van der Waals surface area (Å²) in [6.07, 6.45) is 0.902. The van der Waals surface area contributed by atoms with Gasteiger partial charge in [-0.15, -0.1) is 11.8 Å². The zero-order valence-electron chi connectivity index (χ0n) is 7.11. The first-order valence-corrected chi connectivity index (χ1v) is 5.70. The van der Waals surface area contributed by atoms with Crippen LogP contribution in [0.5, 0.6) is 0 Å². The molecule has 0 fully saturated rings. The van der Waals surface area contributed by atoms with Crippen molar-refractivity contribution in [3.05, 3.63) is 28.2 Å². The first kappa shape index (κ1) is 11.0. The minimum absolute atomic E-state index is 0.116. The Bertz CT molecular complexity index is 279. The van der Waals surface area contributed by atoms with Gasteiger partial charge in [0.2, 0.25) is 0 Å². The Morgan fingerprint density at radius 3 is 2.31 bits per heavy atom. The van der Waals surface area contributed by atoms with Crippen LogP contribution in [0, 0.1) is 11.6 Å². The van der Waals surface area contributed by atoms with Crippen molar-refractivity contribution >= 4 is 27.7 Å². The summed E-state index contributed by atoms with van der Waals surface area (Å²) >= 11 is 4.24. The van der Waals surface area contributed by atoms with Gasteiger partial charge in [-0.3, -0.25) is 0 Å². The van der Waals surface area contributed by atoms with Crippen molar-refractivity contribution < 1.29 is 8.78 Å². The fourth-order valence-electron chi connectivity index (χ4n) is 0.871. The van der Waals surface area contributed by atoms with Gasteiger partial charge in [0.25, 0.3) is 0 Å². The van der Waals surface area contributed by atoms with E-state index < -0.39 is 11.6 Å². The van der Waals surface area contributed by atoms with Gasteiger partial charge in [-0.1, -0.05) is 22.9 Å². The van der Waals surface area contributed by atoms with Gasteiger partial charge in [0, 0.05) is 4.47 Å². The molecule has 0 heterocycles. The van der Waals surface area contributed by atoms with E-state index in [4.69, 9.17) is 0 Å². The number of rotatable bonds is 3. The quantitative estimate of drug-likeness (QED) is 0.738. The highest BCUT2D eigenvalue weighted by atomic mass is 79.9. The molecule has 0 radical (unpaired) electrons. The molecule has 0 saturated heterocycles. The van der Waals surface area contributed by atoms with Crippen LogP contribution in [0.25, 0.3) is 0 Å². The minimum Gasteiger partial charge on any atom is -0.206 e. The van der Waals surface area contributed by atoms with Crippen LogP contribution < -0.4 is 0 Å². The molecule has 1 aromatic carbocycles. The van der Waals surface area contributed by atoms with Crippen molar-refractivity contribution in [1.82, 2.24) is 0 Å². The van der Waals surface area contributed by atoms with E-state index >= 15 is 0 Å². The molecule has 0 spiro atoms. The zero-order valence-corrected chi connectivity index (χ0v) is 9.51. The monoisotopic (exact) mass is 266 g/mol. The van der Waals surface area contributed by atoms with Gasteiger partial charge >= 0.3 is 0 Å². The molecule has 1 aromatic rings. The molecule has 0 saturated carbocycles. The van der Waals surface area contributed by atoms with Crippen LogP contribution in [0.4, 0.5) is 8.78 Å². The molecule has 4 heteroatoms. The Morgan fingerprint density at radius 2 is 1.85 bits per heavy atom. The van der Waals surface area contributed by atoms with Crippen molar-refractivity contribution in [3.63, 3.8) is 0 Å². The molecule has 0 nitrogen and oxygen atoms in total. The van der Waals surface area contributed by atoms with E-state index in [1.807, 2.05) is 6.92 Å². The van der Waals surface area contributed by atoms with E-state index in [0.29, 0.717) is 4.47 Å². The predicted molar refractivity (Wildman–Crippen MR) is 55.1 cm³/mol. The predicted octanol–water partition coefficient (Wildman–Crippen LogP) is 4.23. The number of hydrogen-bond acceptors (Lipinski definition) is 1. The summed E-state index contributed by atoms with van der Waals surface area (Å²) in [5.41, 5.74) is 0. The third kappa shape index (κ3) is 2.95. The average molecular weight is 267 g/mol. The molecule has 0 aliphatic carbocycles. The van der Waals surface area contributed by atoms with E-state index in [2.05, 4.69) is 15.9 Å². The Labute approximate surface area is 88.8 Å². The molecule has 0 N–H and O–H groups in total. The van der Waals surface area contributed by atoms with Crippen molar-refractivity contribution in [1.29, 1.82) is 0 Å². The molecule has 0 amide bonds. The summed E-state index contributed by atoms with van der Waals surface area (Å²) in [5, 5.41) is 0. The first-order chi connectivity index (χ1) is 6.15. The number of benzene rings is 1. The van der Waals surface area contributed by atoms with Gasteiger partial charge in [0.05, 0.1) is 4.90 Å². The topological polar surface area (TPSA) is 0 Å². The lowest BCUT2D eigenvalue weighted by molar-refractivity contribution is 0.539. The molecule has 0 unspecified atom stereocenters. The second-order valence-corrected chi connectivity index (χ2v) is 4.57. The highest BCUT2D eigenvalue weighted by Gasteiger charge is 2.09. The first-order valence-electron chi connectivity index (χ1n) is 3.92. The molecule has 1 rings (SSSR count). The molecule has 0 bridgehead atoms. The van der Waals surface area contributed by atoms with Crippen molar-refractivity contribution in [2.75, 3.05) is 5.75 Å². The van der Waals surface area contributed by atoms with Gasteiger partial charge in [-0.2, -0.15) is 0 Å². The number of thioether (sulfide) groups is 1. The zero-order chi connectivity index (χ0) is 9.84. The normalized spacial score (nSPS) is 10.5. The van der Waals surface area contributed by atoms with Crippen LogP contribution in [0.2, 0.25) is 0 Å². The molecular formula is C9H9BrF2S. The Balaban J connectivity index is 2.92. The molecule has 0 aromatic heterocycles. The lowest BCUT2D eigenvalue weighted by atomic mass is 10.3. The fourth-order valence-corrected chi connectivity index (χ4v) is 2.07. The van der Waals surface area contributed by atoms with E-state index in [1.54, 1.807) is 0 Å². The molecule has 0 aliphatic heterocycles. The minimum atomic E-state index is -0.495. The lowest BCUT2D eigenvalue weighted by Gasteiger charge is -2.03. The third-order valence-electron chi connectivity index (χ3n) is 1.41. The molecular weight excluding hydrogens is 258 g/mol. The van der Waals surface area contributed by atoms with Crippen LogP contribution >= 0.6 is 27.7 Å². The number of hydrogen-bond donors (Lipinski definition) is 0. The largest absolute Gasteiger partial charge is 0.206 e. The van der Waals surface area contributed by atoms with Gasteiger partial charge in [0.1, 0.15) is 11.6 Å². The number of halogens is 3. The Kier molecular flexibility index (Phi) is 4.19. The summed E-state index contributed by atoms with van der Waals surface area (Å²) < 4.78 is 26.7. The second-order valence-electron chi connectivity index (χ2n) is 2.55. The average Bonchev–Trinajstić information content (AvgIpc) is 2.02. The standard InChI is InChI=1S/C9H9BrF2S/c1-2-3-13-9-7(11)4-6(10)5-8(9)12/h4-5H,2-3H2,1H3. The van der Waals surface area contributed by atoms with Gasteiger partial charge in [-0.05, 0) is 24.3 Å². The Hall–Kier alpha value is -0.0900. The SMILES string of the molecule is CCCSc1c(F)cc(Br)cc1F. The molecule has 13 heavy (non-hydrogen) atoms. The van der Waals surface area contributed by atoms with Crippen LogP contribution in [-0.4, -0.2) is 5.75 Å². The summed E-state index contributed by atoms with van der Waals surface area (Å²) in [5.74, 6) is -0.259. The molecule has 72 valence electrons. The molecule has 0 atom stereocenters. The summed E-state index contributed by atoms with van der Waals surface area (Å²) in [4.78, 5) is 0.116. The smallest absolute Gasteiger partial charge is 0.140 e. The van der Waals surface area contributed by atoms with Gasteiger partial charge in [0.15, 0.2) is 0 Å². The second kappa shape index (κ2) is 4.96. The fraction of sp³-hybridized carbons (Fsp3) is 0.333. The maximum atomic E-state index is 13.1. The van der Waals surface area contributed by atoms with E-state index in [0.717, 1.165) is 12.2 Å². The highest BCUT2D eigenvalue weighted by Crippen LogP contribution is 2.28. The van der Waals surface area contributed by atoms with Gasteiger partial charge < -0.3 is 0 Å². The van der Waals surface area contributed by atoms with E-state index in [9.17, 15) is 8.78 Å². The van der Waals surface area contributed by atoms with Crippen LogP contribution in [0.15, 0.2) is 21.5 Å². The highest BCUT2D eigenvalue weighted by molar-refractivity contribution is 9.10. The maximum absolute atomic E-state index is 13.1. The Morgan fingerprint density at radius 1 is 1.31 bits per heavy atom. The third-order valence-corrected chi connectivity index (χ3v) is 3.16. The van der Waals surface area contributed by atoms with Crippen molar-refractivity contribution in [2.45, 2.75) is 18.2 Å².